The van der Waals surface area contributed by atoms with Crippen LogP contribution in [-0.4, -0.2) is 31.4 Å². The van der Waals surface area contributed by atoms with Crippen LogP contribution >= 0.6 is 23.2 Å². The first-order valence-electron chi connectivity index (χ1n) is 7.90. The number of hydrogen-bond acceptors (Lipinski definition) is 2. The summed E-state index contributed by atoms with van der Waals surface area (Å²) >= 11 is 11.9. The van der Waals surface area contributed by atoms with Gasteiger partial charge in [-0.05, 0) is 49.4 Å². The number of benzene rings is 2. The molecule has 5 nitrogen and oxygen atoms in total. The zero-order valence-electron chi connectivity index (χ0n) is 14.3. The lowest BCUT2D eigenvalue weighted by Gasteiger charge is -2.21. The van der Waals surface area contributed by atoms with Gasteiger partial charge >= 0.3 is 0 Å². The van der Waals surface area contributed by atoms with Crippen molar-refractivity contribution in [3.8, 4) is 0 Å². The second-order valence-electron chi connectivity index (χ2n) is 5.91. The van der Waals surface area contributed by atoms with Crippen molar-refractivity contribution in [2.45, 2.75) is 13.0 Å². The number of halogens is 3. The number of nitrogens with one attached hydrogen (secondary N) is 3. The first-order chi connectivity index (χ1) is 12.3. The highest BCUT2D eigenvalue weighted by molar-refractivity contribution is 6.35. The fraction of sp³-hybridized carbons (Fsp3) is 0.222. The largest absolute Gasteiger partial charge is 0.321 e. The molecule has 26 heavy (non-hydrogen) atoms. The maximum Gasteiger partial charge on any atom is 0.282 e. The maximum atomic E-state index is 12.9. The van der Waals surface area contributed by atoms with E-state index in [-0.39, 0.29) is 24.2 Å². The van der Waals surface area contributed by atoms with Gasteiger partial charge in [0.2, 0.25) is 0 Å². The van der Waals surface area contributed by atoms with Crippen molar-refractivity contribution < 1.29 is 18.9 Å². The molecule has 0 aliphatic carbocycles. The van der Waals surface area contributed by atoms with E-state index in [2.05, 4.69) is 10.6 Å². The fourth-order valence-corrected chi connectivity index (χ4v) is 2.54. The molecule has 1 unspecified atom stereocenters. The maximum absolute atomic E-state index is 12.9. The van der Waals surface area contributed by atoms with Gasteiger partial charge in [-0.3, -0.25) is 9.59 Å². The van der Waals surface area contributed by atoms with Gasteiger partial charge < -0.3 is 15.5 Å². The van der Waals surface area contributed by atoms with Crippen molar-refractivity contribution in [1.29, 1.82) is 0 Å². The number of carbonyl (C=O) groups excluding carboxylic acids is 2. The average Bonchev–Trinajstić information content (AvgIpc) is 2.59. The molecule has 0 heterocycles. The topological polar surface area (TPSA) is 62.6 Å². The molecule has 2 aromatic rings. The summed E-state index contributed by atoms with van der Waals surface area (Å²) in [6.07, 6.45) is 0. The first kappa shape index (κ1) is 20.2. The summed E-state index contributed by atoms with van der Waals surface area (Å²) in [5.74, 6) is -0.952. The Morgan fingerprint density at radius 2 is 1.77 bits per heavy atom. The molecule has 0 radical (unpaired) electrons. The van der Waals surface area contributed by atoms with Crippen LogP contribution in [0, 0.1) is 5.82 Å². The Kier molecular flexibility index (Phi) is 6.97. The van der Waals surface area contributed by atoms with Crippen LogP contribution in [0.2, 0.25) is 10.0 Å². The van der Waals surface area contributed by atoms with Crippen molar-refractivity contribution in [3.63, 3.8) is 0 Å². The van der Waals surface area contributed by atoms with Gasteiger partial charge in [-0.1, -0.05) is 23.2 Å². The summed E-state index contributed by atoms with van der Waals surface area (Å²) in [4.78, 5) is 25.2. The van der Waals surface area contributed by atoms with Gasteiger partial charge in [0.1, 0.15) is 5.82 Å². The molecule has 0 aliphatic heterocycles. The Morgan fingerprint density at radius 1 is 1.12 bits per heavy atom. The Morgan fingerprint density at radius 3 is 2.42 bits per heavy atom. The van der Waals surface area contributed by atoms with Gasteiger partial charge in [0.15, 0.2) is 12.6 Å². The summed E-state index contributed by atoms with van der Waals surface area (Å²) < 4.78 is 12.9. The molecule has 0 saturated heterocycles. The van der Waals surface area contributed by atoms with Crippen LogP contribution in [0.5, 0.6) is 0 Å². The molecule has 138 valence electrons. The van der Waals surface area contributed by atoms with Gasteiger partial charge in [-0.15, -0.1) is 0 Å². The van der Waals surface area contributed by atoms with Gasteiger partial charge in [0, 0.05) is 10.7 Å². The van der Waals surface area contributed by atoms with Crippen LogP contribution in [0.15, 0.2) is 42.5 Å². The van der Waals surface area contributed by atoms with Crippen molar-refractivity contribution >= 4 is 46.4 Å². The molecular formula is C18H19Cl2FN3O2+. The number of amides is 2. The Hall–Kier alpha value is -2.15. The average molecular weight is 399 g/mol. The SMILES string of the molecule is C[C@@H](C(=O)Nc1cc(Cl)ccc1Cl)[NH+](C)CC(=O)Nc1ccc(F)cc1. The Labute approximate surface area is 161 Å². The molecule has 2 atom stereocenters. The third-order valence-corrected chi connectivity index (χ3v) is 4.45. The lowest BCUT2D eigenvalue weighted by molar-refractivity contribution is -0.885. The van der Waals surface area contributed by atoms with Crippen LogP contribution in [0.25, 0.3) is 0 Å². The monoisotopic (exact) mass is 398 g/mol. The molecule has 0 aromatic heterocycles. The first-order valence-corrected chi connectivity index (χ1v) is 8.65. The molecule has 0 spiro atoms. The van der Waals surface area contributed by atoms with E-state index in [0.29, 0.717) is 26.3 Å². The minimum Gasteiger partial charge on any atom is -0.321 e. The lowest BCUT2D eigenvalue weighted by Crippen LogP contribution is -3.14. The van der Waals surface area contributed by atoms with Gasteiger partial charge in [0.25, 0.3) is 11.8 Å². The van der Waals surface area contributed by atoms with E-state index in [4.69, 9.17) is 23.2 Å². The zero-order valence-corrected chi connectivity index (χ0v) is 15.8. The minimum absolute atomic E-state index is 0.0647. The molecule has 3 N–H and O–H groups in total. The number of likely N-dealkylation sites (N-methyl/N-ethyl adjacent to an activating group) is 1. The van der Waals surface area contributed by atoms with E-state index in [0.717, 1.165) is 0 Å². The Bertz CT molecular complexity index is 800. The summed E-state index contributed by atoms with van der Waals surface area (Å²) in [6.45, 7) is 1.77. The van der Waals surface area contributed by atoms with Gasteiger partial charge in [-0.2, -0.15) is 0 Å². The summed E-state index contributed by atoms with van der Waals surface area (Å²) in [6, 6.07) is 9.74. The third-order valence-electron chi connectivity index (χ3n) is 3.89. The van der Waals surface area contributed by atoms with E-state index >= 15 is 0 Å². The number of hydrogen-bond donors (Lipinski definition) is 3. The summed E-state index contributed by atoms with van der Waals surface area (Å²) in [5.41, 5.74) is 0.909. The van der Waals surface area contributed by atoms with Crippen LogP contribution in [0.3, 0.4) is 0 Å². The second kappa shape index (κ2) is 8.98. The van der Waals surface area contributed by atoms with Crippen LogP contribution in [-0.2, 0) is 9.59 Å². The van der Waals surface area contributed by atoms with E-state index in [1.807, 2.05) is 0 Å². The van der Waals surface area contributed by atoms with Crippen LogP contribution in [0.4, 0.5) is 15.8 Å². The summed E-state index contributed by atoms with van der Waals surface area (Å²) in [5, 5.41) is 6.21. The predicted molar refractivity (Wildman–Crippen MR) is 101 cm³/mol. The lowest BCUT2D eigenvalue weighted by atomic mass is 10.2. The van der Waals surface area contributed by atoms with Crippen LogP contribution in [0.1, 0.15) is 6.92 Å². The number of anilines is 2. The number of rotatable bonds is 6. The molecule has 0 aliphatic rings. The summed E-state index contributed by atoms with van der Waals surface area (Å²) in [7, 11) is 1.73. The molecule has 0 fully saturated rings. The second-order valence-corrected chi connectivity index (χ2v) is 6.76. The van der Waals surface area contributed by atoms with Gasteiger partial charge in [0.05, 0.1) is 17.8 Å². The van der Waals surface area contributed by atoms with E-state index in [9.17, 15) is 14.0 Å². The van der Waals surface area contributed by atoms with Crippen molar-refractivity contribution in [1.82, 2.24) is 0 Å². The normalized spacial score (nSPS) is 13.0. The molecular weight excluding hydrogens is 380 g/mol. The number of carbonyl (C=O) groups is 2. The zero-order chi connectivity index (χ0) is 19.3. The molecule has 2 rings (SSSR count). The molecule has 8 heteroatoms. The molecule has 2 aromatic carbocycles. The fourth-order valence-electron chi connectivity index (χ4n) is 2.20. The number of quaternary nitrogens is 1. The minimum atomic E-state index is -0.510. The standard InChI is InChI=1S/C18H18Cl2FN3O2/c1-11(18(26)23-16-9-12(19)3-8-15(16)20)24(2)10-17(25)22-14-6-4-13(21)5-7-14/h3-9,11H,10H2,1-2H3,(H,22,25)(H,23,26)/p+1/t11-/m0/s1. The van der Waals surface area contributed by atoms with Crippen molar-refractivity contribution in [3.05, 3.63) is 58.3 Å². The smallest absolute Gasteiger partial charge is 0.282 e. The van der Waals surface area contributed by atoms with Gasteiger partial charge in [-0.25, -0.2) is 4.39 Å². The highest BCUT2D eigenvalue weighted by atomic mass is 35.5. The molecule has 2 amide bonds. The highest BCUT2D eigenvalue weighted by Gasteiger charge is 2.24. The quantitative estimate of drug-likeness (QED) is 0.700. The van der Waals surface area contributed by atoms with Crippen LogP contribution < -0.4 is 15.5 Å². The van der Waals surface area contributed by atoms with Crippen molar-refractivity contribution in [2.75, 3.05) is 24.2 Å². The van der Waals surface area contributed by atoms with E-state index in [1.165, 1.54) is 24.3 Å². The molecule has 0 saturated carbocycles. The van der Waals surface area contributed by atoms with E-state index < -0.39 is 6.04 Å². The van der Waals surface area contributed by atoms with Crippen molar-refractivity contribution in [2.24, 2.45) is 0 Å². The third kappa shape index (κ3) is 5.69. The highest BCUT2D eigenvalue weighted by Crippen LogP contribution is 2.25. The Balaban J connectivity index is 1.92. The molecule has 0 bridgehead atoms. The predicted octanol–water partition coefficient (Wildman–Crippen LogP) is 2.61. The van der Waals surface area contributed by atoms with E-state index in [1.54, 1.807) is 32.2 Å².